The Kier molecular flexibility index (Phi) is 3.58. The van der Waals surface area contributed by atoms with E-state index in [1.807, 2.05) is 16.9 Å². The molecule has 1 aliphatic carbocycles. The standard InChI is InChI=1S/C15H18FN3O/c16-14-9-13(5-6-15(14)17)20-10-11-7-8-19(18-11)12-3-1-2-4-12/h5-9,12H,1-4,10,17H2. The summed E-state index contributed by atoms with van der Waals surface area (Å²) in [6.07, 6.45) is 6.96. The van der Waals surface area contributed by atoms with E-state index in [0.717, 1.165) is 5.69 Å². The summed E-state index contributed by atoms with van der Waals surface area (Å²) in [6.45, 7) is 0.336. The molecule has 0 spiro atoms. The molecule has 1 heterocycles. The van der Waals surface area contributed by atoms with E-state index in [-0.39, 0.29) is 5.69 Å². The lowest BCUT2D eigenvalue weighted by Gasteiger charge is -2.09. The first-order valence-corrected chi connectivity index (χ1v) is 6.94. The number of benzene rings is 1. The number of aromatic nitrogens is 2. The van der Waals surface area contributed by atoms with Gasteiger partial charge in [0.05, 0.1) is 17.4 Å². The maximum atomic E-state index is 13.3. The van der Waals surface area contributed by atoms with Crippen LogP contribution in [0, 0.1) is 5.82 Å². The van der Waals surface area contributed by atoms with Crippen LogP contribution in [-0.2, 0) is 6.61 Å². The highest BCUT2D eigenvalue weighted by molar-refractivity contribution is 5.43. The van der Waals surface area contributed by atoms with Crippen molar-refractivity contribution in [2.75, 3.05) is 5.73 Å². The minimum absolute atomic E-state index is 0.128. The fraction of sp³-hybridized carbons (Fsp3) is 0.400. The van der Waals surface area contributed by atoms with Crippen LogP contribution in [0.4, 0.5) is 10.1 Å². The highest BCUT2D eigenvalue weighted by Crippen LogP contribution is 2.28. The van der Waals surface area contributed by atoms with Gasteiger partial charge in [0.15, 0.2) is 0 Å². The first-order valence-electron chi connectivity index (χ1n) is 6.94. The third-order valence-corrected chi connectivity index (χ3v) is 3.72. The number of hydrogen-bond donors (Lipinski definition) is 1. The molecule has 1 aliphatic rings. The Morgan fingerprint density at radius 1 is 1.30 bits per heavy atom. The van der Waals surface area contributed by atoms with E-state index in [4.69, 9.17) is 10.5 Å². The van der Waals surface area contributed by atoms with Crippen molar-refractivity contribution in [3.8, 4) is 5.75 Å². The third-order valence-electron chi connectivity index (χ3n) is 3.72. The Bertz CT molecular complexity index is 591. The predicted octanol–water partition coefficient (Wildman–Crippen LogP) is 3.30. The molecule has 5 heteroatoms. The van der Waals surface area contributed by atoms with Gasteiger partial charge < -0.3 is 10.5 Å². The zero-order valence-corrected chi connectivity index (χ0v) is 11.3. The first-order chi connectivity index (χ1) is 9.72. The summed E-state index contributed by atoms with van der Waals surface area (Å²) >= 11 is 0. The number of halogens is 1. The molecular weight excluding hydrogens is 257 g/mol. The lowest BCUT2D eigenvalue weighted by Crippen LogP contribution is -2.06. The average Bonchev–Trinajstić information content (AvgIpc) is 3.09. The van der Waals surface area contributed by atoms with Crippen molar-refractivity contribution >= 4 is 5.69 Å². The largest absolute Gasteiger partial charge is 0.487 e. The Morgan fingerprint density at radius 3 is 2.85 bits per heavy atom. The van der Waals surface area contributed by atoms with Gasteiger partial charge in [0.1, 0.15) is 18.2 Å². The molecule has 0 amide bonds. The monoisotopic (exact) mass is 275 g/mol. The van der Waals surface area contributed by atoms with Gasteiger partial charge in [-0.25, -0.2) is 4.39 Å². The van der Waals surface area contributed by atoms with E-state index in [2.05, 4.69) is 5.10 Å². The third kappa shape index (κ3) is 2.76. The number of anilines is 1. The van der Waals surface area contributed by atoms with E-state index in [1.54, 1.807) is 6.07 Å². The van der Waals surface area contributed by atoms with E-state index >= 15 is 0 Å². The van der Waals surface area contributed by atoms with Crippen LogP contribution in [0.3, 0.4) is 0 Å². The van der Waals surface area contributed by atoms with Gasteiger partial charge in [0.2, 0.25) is 0 Å². The summed E-state index contributed by atoms with van der Waals surface area (Å²) in [5.41, 5.74) is 6.41. The SMILES string of the molecule is Nc1ccc(OCc2ccn(C3CCCC3)n2)cc1F. The number of ether oxygens (including phenoxy) is 1. The molecule has 20 heavy (non-hydrogen) atoms. The summed E-state index contributed by atoms with van der Waals surface area (Å²) in [7, 11) is 0. The van der Waals surface area contributed by atoms with E-state index in [0.29, 0.717) is 18.4 Å². The van der Waals surface area contributed by atoms with Crippen molar-refractivity contribution in [2.45, 2.75) is 38.3 Å². The molecule has 0 saturated heterocycles. The van der Waals surface area contributed by atoms with Crippen LogP contribution in [-0.4, -0.2) is 9.78 Å². The van der Waals surface area contributed by atoms with Gasteiger partial charge in [-0.05, 0) is 31.0 Å². The first kappa shape index (κ1) is 13.0. The second kappa shape index (κ2) is 5.53. The Labute approximate surface area is 117 Å². The minimum atomic E-state index is -0.459. The number of nitrogen functional groups attached to an aromatic ring is 1. The normalized spacial score (nSPS) is 15.7. The molecule has 0 aliphatic heterocycles. The number of nitrogens with zero attached hydrogens (tertiary/aromatic N) is 2. The van der Waals surface area contributed by atoms with Crippen molar-refractivity contribution in [2.24, 2.45) is 0 Å². The molecular formula is C15H18FN3O. The number of rotatable bonds is 4. The maximum absolute atomic E-state index is 13.3. The lowest BCUT2D eigenvalue weighted by molar-refractivity contribution is 0.296. The molecule has 0 bridgehead atoms. The van der Waals surface area contributed by atoms with Crippen LogP contribution in [0.2, 0.25) is 0 Å². The highest BCUT2D eigenvalue weighted by atomic mass is 19.1. The van der Waals surface area contributed by atoms with Gasteiger partial charge in [-0.1, -0.05) is 12.8 Å². The van der Waals surface area contributed by atoms with Gasteiger partial charge in [-0.15, -0.1) is 0 Å². The molecule has 2 aromatic rings. The molecule has 1 fully saturated rings. The van der Waals surface area contributed by atoms with Crippen LogP contribution in [0.5, 0.6) is 5.75 Å². The molecule has 1 aromatic heterocycles. The highest BCUT2D eigenvalue weighted by Gasteiger charge is 2.17. The average molecular weight is 275 g/mol. The van der Waals surface area contributed by atoms with Crippen LogP contribution in [0.1, 0.15) is 37.4 Å². The summed E-state index contributed by atoms with van der Waals surface area (Å²) < 4.78 is 20.8. The van der Waals surface area contributed by atoms with Crippen molar-refractivity contribution in [3.63, 3.8) is 0 Å². The molecule has 1 aromatic carbocycles. The molecule has 3 rings (SSSR count). The van der Waals surface area contributed by atoms with Crippen LogP contribution in [0.25, 0.3) is 0 Å². The summed E-state index contributed by atoms with van der Waals surface area (Å²) in [5.74, 6) is 0.00565. The number of hydrogen-bond acceptors (Lipinski definition) is 3. The quantitative estimate of drug-likeness (QED) is 0.871. The summed E-state index contributed by atoms with van der Waals surface area (Å²) in [5, 5.41) is 4.52. The fourth-order valence-corrected chi connectivity index (χ4v) is 2.58. The summed E-state index contributed by atoms with van der Waals surface area (Å²) in [4.78, 5) is 0. The Morgan fingerprint density at radius 2 is 2.10 bits per heavy atom. The number of nitrogens with two attached hydrogens (primary N) is 1. The molecule has 0 radical (unpaired) electrons. The predicted molar refractivity (Wildman–Crippen MR) is 74.9 cm³/mol. The Hall–Kier alpha value is -2.04. The minimum Gasteiger partial charge on any atom is -0.487 e. The Balaban J connectivity index is 1.61. The van der Waals surface area contributed by atoms with Gasteiger partial charge >= 0.3 is 0 Å². The summed E-state index contributed by atoms with van der Waals surface area (Å²) in [6, 6.07) is 6.93. The zero-order valence-electron chi connectivity index (χ0n) is 11.3. The van der Waals surface area contributed by atoms with E-state index < -0.39 is 5.82 Å². The van der Waals surface area contributed by atoms with Gasteiger partial charge in [-0.3, -0.25) is 4.68 Å². The second-order valence-electron chi connectivity index (χ2n) is 5.20. The van der Waals surface area contributed by atoms with Crippen molar-refractivity contribution in [1.82, 2.24) is 9.78 Å². The van der Waals surface area contributed by atoms with Crippen LogP contribution >= 0.6 is 0 Å². The van der Waals surface area contributed by atoms with Crippen molar-refractivity contribution in [3.05, 3.63) is 42.0 Å². The van der Waals surface area contributed by atoms with Crippen molar-refractivity contribution in [1.29, 1.82) is 0 Å². The topological polar surface area (TPSA) is 53.1 Å². The fourth-order valence-electron chi connectivity index (χ4n) is 2.58. The molecule has 106 valence electrons. The zero-order chi connectivity index (χ0) is 13.9. The lowest BCUT2D eigenvalue weighted by atomic mass is 10.3. The molecule has 0 atom stereocenters. The second-order valence-corrected chi connectivity index (χ2v) is 5.20. The van der Waals surface area contributed by atoms with Gasteiger partial charge in [0, 0.05) is 12.3 Å². The van der Waals surface area contributed by atoms with E-state index in [1.165, 1.54) is 37.8 Å². The van der Waals surface area contributed by atoms with Crippen LogP contribution < -0.4 is 10.5 Å². The smallest absolute Gasteiger partial charge is 0.149 e. The molecule has 0 unspecified atom stereocenters. The van der Waals surface area contributed by atoms with Crippen LogP contribution in [0.15, 0.2) is 30.5 Å². The molecule has 1 saturated carbocycles. The maximum Gasteiger partial charge on any atom is 0.149 e. The van der Waals surface area contributed by atoms with Gasteiger partial charge in [-0.2, -0.15) is 5.10 Å². The van der Waals surface area contributed by atoms with E-state index in [9.17, 15) is 4.39 Å². The molecule has 4 nitrogen and oxygen atoms in total. The molecule has 2 N–H and O–H groups in total. The van der Waals surface area contributed by atoms with Crippen molar-refractivity contribution < 1.29 is 9.13 Å². The van der Waals surface area contributed by atoms with Gasteiger partial charge in [0.25, 0.3) is 0 Å².